The van der Waals surface area contributed by atoms with Crippen molar-refractivity contribution >= 4 is 57.4 Å². The molecule has 1 aromatic rings. The van der Waals surface area contributed by atoms with Gasteiger partial charge in [-0.1, -0.05) is 23.2 Å². The maximum atomic E-state index is 12.2. The number of aromatic amines is 1. The Kier molecular flexibility index (Phi) is 6.60. The van der Waals surface area contributed by atoms with Gasteiger partial charge in [-0.05, 0) is 12.1 Å². The highest BCUT2D eigenvalue weighted by atomic mass is 35.5. The van der Waals surface area contributed by atoms with Gasteiger partial charge in [-0.15, -0.1) is 23.2 Å². The Morgan fingerprint density at radius 3 is 2.33 bits per heavy atom. The molecule has 0 unspecified atom stereocenters. The van der Waals surface area contributed by atoms with Gasteiger partial charge in [0.05, 0.1) is 21.1 Å². The van der Waals surface area contributed by atoms with E-state index >= 15 is 0 Å². The molecule has 2 heterocycles. The van der Waals surface area contributed by atoms with Crippen LogP contribution in [0.4, 0.5) is 0 Å². The van der Waals surface area contributed by atoms with Crippen molar-refractivity contribution in [3.63, 3.8) is 0 Å². The molecule has 7 nitrogen and oxygen atoms in total. The summed E-state index contributed by atoms with van der Waals surface area (Å²) in [6.07, 6.45) is 0. The standard InChI is InChI=1S/C16H15Cl4N5O2/c17-1-3-24(4-2-18)5-6-25-12-8-10(20)9(19)7-11(12)21-13-14(25)22-16(27)23-15(13)26/h7-8H,1-6H2,(H,23,26,27). The van der Waals surface area contributed by atoms with Crippen molar-refractivity contribution in [2.45, 2.75) is 6.54 Å². The minimum Gasteiger partial charge on any atom is -0.321 e. The zero-order chi connectivity index (χ0) is 19.6. The lowest BCUT2D eigenvalue weighted by Crippen LogP contribution is -2.33. The van der Waals surface area contributed by atoms with Crippen LogP contribution < -0.4 is 11.2 Å². The molecule has 0 amide bonds. The van der Waals surface area contributed by atoms with E-state index in [1.54, 1.807) is 16.7 Å². The Labute approximate surface area is 174 Å². The zero-order valence-electron chi connectivity index (χ0n) is 14.0. The van der Waals surface area contributed by atoms with Crippen LogP contribution in [-0.4, -0.2) is 55.8 Å². The van der Waals surface area contributed by atoms with E-state index in [0.29, 0.717) is 59.0 Å². The number of nitrogens with one attached hydrogen (secondary N) is 1. The number of hydrogen-bond acceptors (Lipinski definition) is 5. The number of halogens is 4. The van der Waals surface area contributed by atoms with Crippen LogP contribution in [0.1, 0.15) is 0 Å². The van der Waals surface area contributed by atoms with Crippen LogP contribution in [0, 0.1) is 0 Å². The summed E-state index contributed by atoms with van der Waals surface area (Å²) in [4.78, 5) is 36.4. The van der Waals surface area contributed by atoms with Crippen molar-refractivity contribution < 1.29 is 0 Å². The smallest absolute Gasteiger partial charge is 0.321 e. The Morgan fingerprint density at radius 2 is 1.67 bits per heavy atom. The van der Waals surface area contributed by atoms with Gasteiger partial charge >= 0.3 is 5.69 Å². The van der Waals surface area contributed by atoms with E-state index < -0.39 is 11.2 Å². The normalized spacial score (nSPS) is 11.7. The molecule has 2 aliphatic heterocycles. The molecule has 27 heavy (non-hydrogen) atoms. The number of alkyl halides is 2. The minimum atomic E-state index is -0.735. The second kappa shape index (κ2) is 8.75. The molecule has 0 atom stereocenters. The van der Waals surface area contributed by atoms with Gasteiger partial charge in [0.25, 0.3) is 5.56 Å². The van der Waals surface area contributed by atoms with Gasteiger partial charge in [0.2, 0.25) is 0 Å². The fourth-order valence-electron chi connectivity index (χ4n) is 2.83. The molecule has 0 bridgehead atoms. The highest BCUT2D eigenvalue weighted by Gasteiger charge is 2.20. The molecule has 3 rings (SSSR count). The summed E-state index contributed by atoms with van der Waals surface area (Å²) >= 11 is 24.0. The third-order valence-corrected chi connectivity index (χ3v) is 5.15. The molecule has 0 fully saturated rings. The molecule has 0 saturated heterocycles. The quantitative estimate of drug-likeness (QED) is 0.441. The first-order chi connectivity index (χ1) is 12.9. The lowest BCUT2D eigenvalue weighted by Gasteiger charge is -2.23. The number of H-pyrrole nitrogens is 1. The van der Waals surface area contributed by atoms with Crippen LogP contribution >= 0.6 is 46.4 Å². The van der Waals surface area contributed by atoms with E-state index in [9.17, 15) is 9.59 Å². The van der Waals surface area contributed by atoms with E-state index in [1.807, 2.05) is 0 Å². The molecule has 11 heteroatoms. The summed E-state index contributed by atoms with van der Waals surface area (Å²) in [6, 6.07) is 3.22. The summed E-state index contributed by atoms with van der Waals surface area (Å²) in [6.45, 7) is 2.32. The fourth-order valence-corrected chi connectivity index (χ4v) is 3.63. The van der Waals surface area contributed by atoms with Gasteiger partial charge in [-0.25, -0.2) is 9.78 Å². The van der Waals surface area contributed by atoms with E-state index in [4.69, 9.17) is 46.4 Å². The second-order valence-electron chi connectivity index (χ2n) is 5.78. The number of hydrogen-bond donors (Lipinski definition) is 1. The van der Waals surface area contributed by atoms with Crippen molar-refractivity contribution in [2.24, 2.45) is 0 Å². The van der Waals surface area contributed by atoms with E-state index in [-0.39, 0.29) is 11.5 Å². The lowest BCUT2D eigenvalue weighted by molar-refractivity contribution is 0.295. The minimum absolute atomic E-state index is 0.0572. The largest absolute Gasteiger partial charge is 0.349 e. The molecule has 0 saturated carbocycles. The van der Waals surface area contributed by atoms with E-state index in [1.165, 1.54) is 0 Å². The van der Waals surface area contributed by atoms with Gasteiger partial charge in [-0.2, -0.15) is 4.98 Å². The van der Waals surface area contributed by atoms with Crippen molar-refractivity contribution in [3.8, 4) is 11.5 Å². The summed E-state index contributed by atoms with van der Waals surface area (Å²) in [7, 11) is 0. The van der Waals surface area contributed by atoms with Crippen LogP contribution in [0.5, 0.6) is 0 Å². The van der Waals surface area contributed by atoms with Gasteiger partial charge in [0.15, 0.2) is 11.5 Å². The van der Waals surface area contributed by atoms with E-state index in [2.05, 4.69) is 19.9 Å². The third kappa shape index (κ3) is 4.38. The second-order valence-corrected chi connectivity index (χ2v) is 7.35. The average Bonchev–Trinajstić information content (AvgIpc) is 2.61. The SMILES string of the molecule is O=c1nc2n(CCN(CCCl)CCCl)c3cc(Cl)c(Cl)cc3nc-2c(=O)[nH]1. The Balaban J connectivity index is 2.18. The van der Waals surface area contributed by atoms with Crippen molar-refractivity contribution in [3.05, 3.63) is 43.0 Å². The summed E-state index contributed by atoms with van der Waals surface area (Å²) in [5.74, 6) is 1.11. The lowest BCUT2D eigenvalue weighted by atomic mass is 10.2. The number of rotatable bonds is 7. The van der Waals surface area contributed by atoms with E-state index in [0.717, 1.165) is 0 Å². The maximum Gasteiger partial charge on any atom is 0.349 e. The summed E-state index contributed by atoms with van der Waals surface area (Å²) in [5.41, 5.74) is -0.192. The number of fused-ring (bicyclic) bond motifs is 2. The van der Waals surface area contributed by atoms with Gasteiger partial charge in [0.1, 0.15) is 0 Å². The van der Waals surface area contributed by atoms with Crippen LogP contribution in [-0.2, 0) is 6.54 Å². The molecule has 0 radical (unpaired) electrons. The van der Waals surface area contributed by atoms with Crippen LogP contribution in [0.2, 0.25) is 10.0 Å². The molecular formula is C16H15Cl4N5O2. The first-order valence-electron chi connectivity index (χ1n) is 8.08. The van der Waals surface area contributed by atoms with Gasteiger partial charge in [0, 0.05) is 37.9 Å². The fraction of sp³-hybridized carbons (Fsp3) is 0.375. The molecule has 2 aliphatic rings. The monoisotopic (exact) mass is 449 g/mol. The first-order valence-corrected chi connectivity index (χ1v) is 9.91. The Morgan fingerprint density at radius 1 is 1.00 bits per heavy atom. The average molecular weight is 451 g/mol. The Hall–Kier alpha value is -1.38. The van der Waals surface area contributed by atoms with Gasteiger partial charge in [-0.3, -0.25) is 14.7 Å². The molecule has 1 N–H and O–H groups in total. The zero-order valence-corrected chi connectivity index (χ0v) is 17.0. The number of nitrogens with zero attached hydrogens (tertiary/aromatic N) is 4. The predicted molar refractivity (Wildman–Crippen MR) is 109 cm³/mol. The molecular weight excluding hydrogens is 436 g/mol. The molecule has 144 valence electrons. The third-order valence-electron chi connectivity index (χ3n) is 4.09. The van der Waals surface area contributed by atoms with Crippen LogP contribution in [0.25, 0.3) is 22.6 Å². The number of aromatic nitrogens is 4. The molecule has 0 spiro atoms. The van der Waals surface area contributed by atoms with Crippen LogP contribution in [0.3, 0.4) is 0 Å². The van der Waals surface area contributed by atoms with Crippen molar-refractivity contribution in [1.82, 2.24) is 24.4 Å². The summed E-state index contributed by atoms with van der Waals surface area (Å²) in [5, 5.41) is 0.655. The topological polar surface area (TPSA) is 83.9 Å². The molecule has 0 aliphatic carbocycles. The predicted octanol–water partition coefficient (Wildman–Crippen LogP) is 2.67. The molecule has 1 aromatic carbocycles. The maximum absolute atomic E-state index is 12.2. The summed E-state index contributed by atoms with van der Waals surface area (Å²) < 4.78 is 1.74. The van der Waals surface area contributed by atoms with Crippen molar-refractivity contribution in [1.29, 1.82) is 0 Å². The van der Waals surface area contributed by atoms with Crippen LogP contribution in [0.15, 0.2) is 21.7 Å². The highest BCUT2D eigenvalue weighted by Crippen LogP contribution is 2.29. The van der Waals surface area contributed by atoms with Crippen molar-refractivity contribution in [2.75, 3.05) is 31.4 Å². The number of benzene rings is 1. The Bertz CT molecular complexity index is 1050. The van der Waals surface area contributed by atoms with Gasteiger partial charge < -0.3 is 4.57 Å². The first kappa shape index (κ1) is 20.4. The molecule has 0 aromatic heterocycles. The highest BCUT2D eigenvalue weighted by molar-refractivity contribution is 6.42.